The highest BCUT2D eigenvalue weighted by Crippen LogP contribution is 2.30. The van der Waals surface area contributed by atoms with Crippen LogP contribution in [0.1, 0.15) is 57.4 Å². The first-order valence-corrected chi connectivity index (χ1v) is 8.31. The molecular weight excluding hydrogens is 365 g/mol. The third kappa shape index (κ3) is 3.64. The highest BCUT2D eigenvalue weighted by Gasteiger charge is 2.32. The number of amides is 1. The summed E-state index contributed by atoms with van der Waals surface area (Å²) in [5.41, 5.74) is -0.794. The summed E-state index contributed by atoms with van der Waals surface area (Å²) in [6, 6.07) is 3.75. The van der Waals surface area contributed by atoms with Crippen LogP contribution in [0.15, 0.2) is 18.2 Å². The van der Waals surface area contributed by atoms with Gasteiger partial charge in [-0.25, -0.2) is 22.6 Å². The standard InChI is InChI=1S/C17H17F3N4O3/c1-9-2-3-12(18)11(8-9)16(25)23-6-4-10(5-7-23)24-14(15(19)20)13(17(26)27)21-22-24/h2-3,8,10,15H,4-7H2,1H3,(H,26,27). The number of carbonyl (C=O) groups is 2. The third-order valence-electron chi connectivity index (χ3n) is 4.59. The van der Waals surface area contributed by atoms with Crippen LogP contribution in [-0.2, 0) is 0 Å². The summed E-state index contributed by atoms with van der Waals surface area (Å²) in [5, 5.41) is 15.9. The van der Waals surface area contributed by atoms with E-state index < -0.39 is 41.5 Å². The minimum Gasteiger partial charge on any atom is -0.476 e. The molecule has 1 aliphatic rings. The lowest BCUT2D eigenvalue weighted by atomic mass is 10.0. The van der Waals surface area contributed by atoms with Gasteiger partial charge in [0.05, 0.1) is 11.6 Å². The van der Waals surface area contributed by atoms with Crippen LogP contribution in [-0.4, -0.2) is 50.0 Å². The van der Waals surface area contributed by atoms with Gasteiger partial charge in [-0.3, -0.25) is 4.79 Å². The second kappa shape index (κ2) is 7.37. The molecule has 27 heavy (non-hydrogen) atoms. The second-order valence-corrected chi connectivity index (χ2v) is 6.38. The number of likely N-dealkylation sites (tertiary alicyclic amines) is 1. The van der Waals surface area contributed by atoms with Crippen LogP contribution >= 0.6 is 0 Å². The summed E-state index contributed by atoms with van der Waals surface area (Å²) in [6.07, 6.45) is -2.48. The largest absolute Gasteiger partial charge is 0.476 e. The van der Waals surface area contributed by atoms with Crippen LogP contribution in [0.25, 0.3) is 0 Å². The molecular formula is C17H17F3N4O3. The molecule has 1 aliphatic heterocycles. The molecule has 1 amide bonds. The van der Waals surface area contributed by atoms with E-state index in [9.17, 15) is 22.8 Å². The van der Waals surface area contributed by atoms with Crippen LogP contribution in [0.5, 0.6) is 0 Å². The Bertz CT molecular complexity index is 876. The molecule has 0 bridgehead atoms. The Morgan fingerprint density at radius 1 is 1.26 bits per heavy atom. The fourth-order valence-electron chi connectivity index (χ4n) is 3.21. The van der Waals surface area contributed by atoms with Gasteiger partial charge in [0, 0.05) is 13.1 Å². The van der Waals surface area contributed by atoms with Crippen molar-refractivity contribution in [2.75, 3.05) is 13.1 Å². The Hall–Kier alpha value is -2.91. The number of aryl methyl sites for hydroxylation is 1. The average Bonchev–Trinajstić information content (AvgIpc) is 3.09. The molecule has 2 heterocycles. The molecule has 0 saturated carbocycles. The van der Waals surface area contributed by atoms with Gasteiger partial charge in [-0.05, 0) is 31.9 Å². The molecule has 0 spiro atoms. The topological polar surface area (TPSA) is 88.3 Å². The lowest BCUT2D eigenvalue weighted by Crippen LogP contribution is -2.40. The van der Waals surface area contributed by atoms with Gasteiger partial charge in [-0.15, -0.1) is 5.10 Å². The molecule has 1 aromatic heterocycles. The molecule has 1 saturated heterocycles. The third-order valence-corrected chi connectivity index (χ3v) is 4.59. The number of piperidine rings is 1. The molecule has 0 atom stereocenters. The highest BCUT2D eigenvalue weighted by molar-refractivity contribution is 5.94. The van der Waals surface area contributed by atoms with Gasteiger partial charge in [-0.1, -0.05) is 16.8 Å². The molecule has 2 aromatic rings. The zero-order chi connectivity index (χ0) is 19.7. The summed E-state index contributed by atoms with van der Waals surface area (Å²) in [4.78, 5) is 25.0. The number of carboxylic acids is 1. The molecule has 10 heteroatoms. The number of nitrogens with zero attached hydrogens (tertiary/aromatic N) is 4. The van der Waals surface area contributed by atoms with Crippen molar-refractivity contribution < 1.29 is 27.9 Å². The first kappa shape index (κ1) is 18.9. The predicted octanol–water partition coefficient (Wildman–Crippen LogP) is 2.84. The van der Waals surface area contributed by atoms with Crippen LogP contribution in [0, 0.1) is 12.7 Å². The monoisotopic (exact) mass is 382 g/mol. The lowest BCUT2D eigenvalue weighted by Gasteiger charge is -2.32. The van der Waals surface area contributed by atoms with E-state index in [4.69, 9.17) is 5.11 Å². The highest BCUT2D eigenvalue weighted by atomic mass is 19.3. The van der Waals surface area contributed by atoms with Crippen LogP contribution in [0.3, 0.4) is 0 Å². The molecule has 1 N–H and O–H groups in total. The SMILES string of the molecule is Cc1ccc(F)c(C(=O)N2CCC(n3nnc(C(=O)O)c3C(F)F)CC2)c1. The van der Waals surface area contributed by atoms with Crippen molar-refractivity contribution in [1.82, 2.24) is 19.9 Å². The fourth-order valence-corrected chi connectivity index (χ4v) is 3.21. The second-order valence-electron chi connectivity index (χ2n) is 6.38. The molecule has 144 valence electrons. The quantitative estimate of drug-likeness (QED) is 0.879. The number of aromatic carboxylic acids is 1. The predicted molar refractivity (Wildman–Crippen MR) is 87.2 cm³/mol. The van der Waals surface area contributed by atoms with E-state index >= 15 is 0 Å². The average molecular weight is 382 g/mol. The van der Waals surface area contributed by atoms with Gasteiger partial charge in [0.1, 0.15) is 11.5 Å². The van der Waals surface area contributed by atoms with Crippen LogP contribution in [0.4, 0.5) is 13.2 Å². The number of hydrogen-bond donors (Lipinski definition) is 1. The number of hydrogen-bond acceptors (Lipinski definition) is 4. The first-order chi connectivity index (χ1) is 12.8. The van der Waals surface area contributed by atoms with E-state index in [0.717, 1.165) is 10.2 Å². The number of benzene rings is 1. The van der Waals surface area contributed by atoms with Gasteiger partial charge in [0.2, 0.25) is 0 Å². The van der Waals surface area contributed by atoms with E-state index in [1.54, 1.807) is 13.0 Å². The maximum atomic E-state index is 13.9. The smallest absolute Gasteiger partial charge is 0.358 e. The van der Waals surface area contributed by atoms with Gasteiger partial charge < -0.3 is 10.0 Å². The summed E-state index contributed by atoms with van der Waals surface area (Å²) >= 11 is 0. The van der Waals surface area contributed by atoms with E-state index in [0.29, 0.717) is 0 Å². The summed E-state index contributed by atoms with van der Waals surface area (Å²) in [6.45, 7) is 2.17. The molecule has 1 fully saturated rings. The maximum Gasteiger partial charge on any atom is 0.358 e. The van der Waals surface area contributed by atoms with Gasteiger partial charge in [0.25, 0.3) is 12.3 Å². The number of carbonyl (C=O) groups excluding carboxylic acids is 1. The Labute approximate surface area is 152 Å². The number of rotatable bonds is 4. The lowest BCUT2D eigenvalue weighted by molar-refractivity contribution is 0.0665. The van der Waals surface area contributed by atoms with Crippen molar-refractivity contribution in [3.05, 3.63) is 46.5 Å². The van der Waals surface area contributed by atoms with Gasteiger partial charge >= 0.3 is 5.97 Å². The number of aromatic nitrogens is 3. The van der Waals surface area contributed by atoms with Crippen molar-refractivity contribution >= 4 is 11.9 Å². The number of carboxylic acid groups (broad SMARTS) is 1. The summed E-state index contributed by atoms with van der Waals surface area (Å²) in [7, 11) is 0. The van der Waals surface area contributed by atoms with Gasteiger partial charge in [-0.2, -0.15) is 0 Å². The molecule has 7 nitrogen and oxygen atoms in total. The minimum absolute atomic E-state index is 0.0318. The van der Waals surface area contributed by atoms with Crippen molar-refractivity contribution in [1.29, 1.82) is 0 Å². The van der Waals surface area contributed by atoms with Crippen LogP contribution < -0.4 is 0 Å². The summed E-state index contributed by atoms with van der Waals surface area (Å²) in [5.74, 6) is -2.65. The molecule has 3 rings (SSSR count). The molecule has 0 radical (unpaired) electrons. The van der Waals surface area contributed by atoms with E-state index in [1.807, 2.05) is 0 Å². The van der Waals surface area contributed by atoms with E-state index in [-0.39, 0.29) is 31.5 Å². The number of alkyl halides is 2. The van der Waals surface area contributed by atoms with E-state index in [1.165, 1.54) is 17.0 Å². The van der Waals surface area contributed by atoms with Crippen molar-refractivity contribution in [3.63, 3.8) is 0 Å². The molecule has 0 aliphatic carbocycles. The molecule has 1 aromatic carbocycles. The van der Waals surface area contributed by atoms with Crippen molar-refractivity contribution in [3.8, 4) is 0 Å². The number of halogens is 3. The normalized spacial score (nSPS) is 15.4. The zero-order valence-electron chi connectivity index (χ0n) is 14.4. The van der Waals surface area contributed by atoms with Crippen molar-refractivity contribution in [2.45, 2.75) is 32.2 Å². The fraction of sp³-hybridized carbons (Fsp3) is 0.412. The van der Waals surface area contributed by atoms with Gasteiger partial charge in [0.15, 0.2) is 5.69 Å². The van der Waals surface area contributed by atoms with Crippen LogP contribution in [0.2, 0.25) is 0 Å². The Kier molecular flexibility index (Phi) is 5.15. The Morgan fingerprint density at radius 2 is 1.93 bits per heavy atom. The maximum absolute atomic E-state index is 13.9. The Morgan fingerprint density at radius 3 is 2.52 bits per heavy atom. The van der Waals surface area contributed by atoms with E-state index in [2.05, 4.69) is 10.3 Å². The minimum atomic E-state index is -3.04. The summed E-state index contributed by atoms with van der Waals surface area (Å²) < 4.78 is 41.4. The van der Waals surface area contributed by atoms with Crippen molar-refractivity contribution in [2.24, 2.45) is 0 Å². The Balaban J connectivity index is 1.75. The first-order valence-electron chi connectivity index (χ1n) is 8.31. The zero-order valence-corrected chi connectivity index (χ0v) is 14.4. The molecule has 0 unspecified atom stereocenters.